The van der Waals surface area contributed by atoms with Crippen molar-refractivity contribution >= 4 is 5.91 Å². The molecular weight excluding hydrogens is 428 g/mol. The van der Waals surface area contributed by atoms with Gasteiger partial charge in [-0.3, -0.25) is 4.79 Å². The number of likely N-dealkylation sites (N-methyl/N-ethyl adjacent to an activating group) is 1. The Labute approximate surface area is 191 Å². The van der Waals surface area contributed by atoms with Crippen molar-refractivity contribution < 1.29 is 28.9 Å². The predicted molar refractivity (Wildman–Crippen MR) is 120 cm³/mol. The van der Waals surface area contributed by atoms with Crippen molar-refractivity contribution in [1.29, 1.82) is 0 Å². The number of carbonyl (C=O) groups excluding carboxylic acids is 1. The maximum atomic E-state index is 11.8. The maximum absolute atomic E-state index is 11.8. The Kier molecular flexibility index (Phi) is 7.70. The molecular formula is C23H28N4O6. The second kappa shape index (κ2) is 10.7. The van der Waals surface area contributed by atoms with E-state index in [9.17, 15) is 15.0 Å². The first-order chi connectivity index (χ1) is 15.9. The van der Waals surface area contributed by atoms with Crippen molar-refractivity contribution in [3.05, 3.63) is 29.8 Å². The minimum absolute atomic E-state index is 0.0428. The van der Waals surface area contributed by atoms with Gasteiger partial charge >= 0.3 is 0 Å². The number of aromatic hydroxyl groups is 2. The molecule has 3 aromatic rings. The van der Waals surface area contributed by atoms with Crippen LogP contribution >= 0.6 is 0 Å². The first-order valence-electron chi connectivity index (χ1n) is 10.7. The third-order valence-corrected chi connectivity index (χ3v) is 5.04. The van der Waals surface area contributed by atoms with E-state index in [2.05, 4.69) is 20.5 Å². The number of methoxy groups -OCH3 is 2. The maximum Gasteiger partial charge on any atom is 0.257 e. The Hall–Kier alpha value is -3.82. The summed E-state index contributed by atoms with van der Waals surface area (Å²) in [5.74, 6) is -0.232. The van der Waals surface area contributed by atoms with Crippen LogP contribution in [0.3, 0.4) is 0 Å². The van der Waals surface area contributed by atoms with E-state index in [1.165, 1.54) is 14.2 Å². The number of aromatic nitrogens is 3. The number of carbonyl (C=O) groups is 1. The average molecular weight is 456 g/mol. The van der Waals surface area contributed by atoms with Crippen LogP contribution in [0.2, 0.25) is 0 Å². The van der Waals surface area contributed by atoms with E-state index in [1.807, 2.05) is 6.92 Å². The summed E-state index contributed by atoms with van der Waals surface area (Å²) in [6.45, 7) is 4.30. The Bertz CT molecular complexity index is 1110. The molecule has 0 aliphatic carbocycles. The molecule has 0 fully saturated rings. The molecule has 0 atom stereocenters. The van der Waals surface area contributed by atoms with Gasteiger partial charge in [-0.2, -0.15) is 0 Å². The lowest BCUT2D eigenvalue weighted by atomic mass is 9.95. The highest BCUT2D eigenvalue weighted by Crippen LogP contribution is 2.49. The Morgan fingerprint density at radius 1 is 1.06 bits per heavy atom. The normalized spacial score (nSPS) is 10.8. The topological polar surface area (TPSA) is 140 Å². The number of amides is 1. The fraction of sp³-hybridized carbons (Fsp3) is 0.391. The van der Waals surface area contributed by atoms with Gasteiger partial charge in [0.25, 0.3) is 5.89 Å². The van der Waals surface area contributed by atoms with E-state index in [4.69, 9.17) is 13.9 Å². The Morgan fingerprint density at radius 3 is 2.36 bits per heavy atom. The molecule has 0 bridgehead atoms. The van der Waals surface area contributed by atoms with E-state index in [1.54, 1.807) is 25.1 Å². The molecule has 2 aromatic heterocycles. The van der Waals surface area contributed by atoms with E-state index in [0.29, 0.717) is 41.3 Å². The second-order valence-electron chi connectivity index (χ2n) is 7.25. The molecule has 0 spiro atoms. The number of benzene rings is 1. The molecule has 1 aromatic carbocycles. The second-order valence-corrected chi connectivity index (χ2v) is 7.25. The summed E-state index contributed by atoms with van der Waals surface area (Å²) in [4.78, 5) is 16.2. The lowest BCUT2D eigenvalue weighted by molar-refractivity contribution is -0.120. The lowest BCUT2D eigenvalue weighted by Crippen LogP contribution is -2.24. The molecule has 0 radical (unpaired) electrons. The molecule has 0 unspecified atom stereocenters. The van der Waals surface area contributed by atoms with Gasteiger partial charge in [0.05, 0.1) is 31.0 Å². The molecule has 0 aliphatic heterocycles. The van der Waals surface area contributed by atoms with Crippen LogP contribution in [0.15, 0.2) is 22.6 Å². The van der Waals surface area contributed by atoms with Crippen LogP contribution in [-0.2, 0) is 17.6 Å². The van der Waals surface area contributed by atoms with Crippen molar-refractivity contribution in [1.82, 2.24) is 20.5 Å². The highest BCUT2D eigenvalue weighted by molar-refractivity contribution is 5.88. The fourth-order valence-corrected chi connectivity index (χ4v) is 3.51. The monoisotopic (exact) mass is 456 g/mol. The average Bonchev–Trinajstić information content (AvgIpc) is 3.24. The molecule has 0 saturated heterocycles. The van der Waals surface area contributed by atoms with Crippen LogP contribution in [0.4, 0.5) is 0 Å². The molecule has 10 heteroatoms. The highest BCUT2D eigenvalue weighted by Gasteiger charge is 2.28. The molecule has 3 rings (SSSR count). The van der Waals surface area contributed by atoms with Gasteiger partial charge in [0, 0.05) is 6.54 Å². The van der Waals surface area contributed by atoms with Crippen LogP contribution in [0.5, 0.6) is 23.1 Å². The SMILES string of the molecule is CCCCc1nc(O)c(-c2nnc(CC(=O)NCC)o2)c(O)c1-c1c(OC)cccc1OC. The molecule has 10 nitrogen and oxygen atoms in total. The van der Waals surface area contributed by atoms with E-state index >= 15 is 0 Å². The zero-order valence-corrected chi connectivity index (χ0v) is 19.1. The number of hydrogen-bond acceptors (Lipinski definition) is 9. The van der Waals surface area contributed by atoms with Crippen molar-refractivity contribution in [2.75, 3.05) is 20.8 Å². The minimum Gasteiger partial charge on any atom is -0.506 e. The van der Waals surface area contributed by atoms with Crippen LogP contribution in [0, 0.1) is 0 Å². The molecule has 0 saturated carbocycles. The summed E-state index contributed by atoms with van der Waals surface area (Å²) in [6, 6.07) is 5.25. The smallest absolute Gasteiger partial charge is 0.257 e. The number of ether oxygens (including phenoxy) is 2. The molecule has 0 aliphatic rings. The van der Waals surface area contributed by atoms with Crippen molar-refractivity contribution in [2.45, 2.75) is 39.5 Å². The Morgan fingerprint density at radius 2 is 1.76 bits per heavy atom. The molecule has 3 N–H and O–H groups in total. The van der Waals surface area contributed by atoms with E-state index in [0.717, 1.165) is 12.8 Å². The van der Waals surface area contributed by atoms with Gasteiger partial charge in [0.1, 0.15) is 29.2 Å². The number of unbranched alkanes of at least 4 members (excludes halogenated alkanes) is 1. The summed E-state index contributed by atoms with van der Waals surface area (Å²) >= 11 is 0. The van der Waals surface area contributed by atoms with Crippen LogP contribution in [-0.4, -0.2) is 52.1 Å². The third-order valence-electron chi connectivity index (χ3n) is 5.04. The largest absolute Gasteiger partial charge is 0.506 e. The number of nitrogens with one attached hydrogen (secondary N) is 1. The number of nitrogens with zero attached hydrogens (tertiary/aromatic N) is 3. The van der Waals surface area contributed by atoms with Gasteiger partial charge in [-0.15, -0.1) is 10.2 Å². The fourth-order valence-electron chi connectivity index (χ4n) is 3.51. The lowest BCUT2D eigenvalue weighted by Gasteiger charge is -2.18. The number of pyridine rings is 1. The van der Waals surface area contributed by atoms with Crippen molar-refractivity contribution in [3.8, 4) is 45.7 Å². The summed E-state index contributed by atoms with van der Waals surface area (Å²) in [7, 11) is 3.03. The van der Waals surface area contributed by atoms with Crippen molar-refractivity contribution in [2.24, 2.45) is 0 Å². The number of rotatable bonds is 10. The molecule has 2 heterocycles. The first kappa shape index (κ1) is 23.8. The third kappa shape index (κ3) is 5.00. The van der Waals surface area contributed by atoms with Crippen LogP contribution in [0.1, 0.15) is 38.3 Å². The summed E-state index contributed by atoms with van der Waals surface area (Å²) in [5.41, 5.74) is 1.17. The van der Waals surface area contributed by atoms with Gasteiger partial charge in [0.2, 0.25) is 17.7 Å². The zero-order valence-electron chi connectivity index (χ0n) is 19.1. The van der Waals surface area contributed by atoms with Crippen LogP contribution in [0.25, 0.3) is 22.6 Å². The summed E-state index contributed by atoms with van der Waals surface area (Å²) in [5, 5.41) is 32.5. The summed E-state index contributed by atoms with van der Waals surface area (Å²) < 4.78 is 16.6. The summed E-state index contributed by atoms with van der Waals surface area (Å²) in [6.07, 6.45) is 2.05. The van der Waals surface area contributed by atoms with E-state index in [-0.39, 0.29) is 35.4 Å². The van der Waals surface area contributed by atoms with Gasteiger partial charge < -0.3 is 29.4 Å². The predicted octanol–water partition coefficient (Wildman–Crippen LogP) is 3.25. The number of aryl methyl sites for hydroxylation is 1. The molecule has 33 heavy (non-hydrogen) atoms. The highest BCUT2D eigenvalue weighted by atomic mass is 16.5. The van der Waals surface area contributed by atoms with Crippen molar-refractivity contribution in [3.63, 3.8) is 0 Å². The molecule has 1 amide bonds. The standard InChI is InChI=1S/C23H28N4O6/c1-5-7-9-13-18(19-14(31-3)10-8-11-15(19)32-4)21(29)20(22(30)25-13)23-27-26-17(33-23)12-16(28)24-6-2/h8,10-11H,5-7,9,12H2,1-4H3,(H,24,28)(H2,25,29,30). The molecule has 176 valence electrons. The first-order valence-corrected chi connectivity index (χ1v) is 10.7. The van der Waals surface area contributed by atoms with Gasteiger partial charge in [-0.25, -0.2) is 4.98 Å². The zero-order chi connectivity index (χ0) is 24.0. The minimum atomic E-state index is -0.454. The van der Waals surface area contributed by atoms with Gasteiger partial charge in [-0.05, 0) is 31.9 Å². The van der Waals surface area contributed by atoms with Gasteiger partial charge in [-0.1, -0.05) is 19.4 Å². The van der Waals surface area contributed by atoms with E-state index < -0.39 is 5.88 Å². The van der Waals surface area contributed by atoms with Gasteiger partial charge in [0.15, 0.2) is 0 Å². The quantitative estimate of drug-likeness (QED) is 0.419. The Balaban J connectivity index is 2.20. The van der Waals surface area contributed by atoms with Crippen LogP contribution < -0.4 is 14.8 Å². The number of hydrogen-bond donors (Lipinski definition) is 3.